The zero-order valence-electron chi connectivity index (χ0n) is 9.76. The standard InChI is InChI=1S/C12H26N2/c1-4-5-9-14-10-7-12(3)11(2)6-8-13/h4,11-12,14H,1,5-10,13H2,2-3H3. The predicted molar refractivity (Wildman–Crippen MR) is 64.3 cm³/mol. The smallest absolute Gasteiger partial charge is 0.00144 e. The Morgan fingerprint density at radius 3 is 2.43 bits per heavy atom. The van der Waals surface area contributed by atoms with Gasteiger partial charge >= 0.3 is 0 Å². The van der Waals surface area contributed by atoms with Gasteiger partial charge in [0.1, 0.15) is 0 Å². The Morgan fingerprint density at radius 2 is 1.86 bits per heavy atom. The molecule has 2 heteroatoms. The lowest BCUT2D eigenvalue weighted by Crippen LogP contribution is -2.21. The number of rotatable bonds is 9. The number of nitrogens with two attached hydrogens (primary N) is 1. The summed E-state index contributed by atoms with van der Waals surface area (Å²) in [7, 11) is 0. The van der Waals surface area contributed by atoms with Crippen LogP contribution >= 0.6 is 0 Å². The first-order chi connectivity index (χ1) is 6.72. The van der Waals surface area contributed by atoms with Crippen LogP contribution in [0.1, 0.15) is 33.1 Å². The predicted octanol–water partition coefficient (Wildman–Crippen LogP) is 2.16. The van der Waals surface area contributed by atoms with E-state index in [-0.39, 0.29) is 0 Å². The van der Waals surface area contributed by atoms with E-state index in [0.29, 0.717) is 0 Å². The van der Waals surface area contributed by atoms with E-state index >= 15 is 0 Å². The van der Waals surface area contributed by atoms with Crippen LogP contribution in [0.15, 0.2) is 12.7 Å². The molecule has 0 aromatic rings. The molecule has 0 aliphatic rings. The third-order valence-corrected chi connectivity index (χ3v) is 2.90. The van der Waals surface area contributed by atoms with Crippen molar-refractivity contribution >= 4 is 0 Å². The summed E-state index contributed by atoms with van der Waals surface area (Å²) in [6.07, 6.45) is 5.41. The highest BCUT2D eigenvalue weighted by Gasteiger charge is 2.10. The van der Waals surface area contributed by atoms with Gasteiger partial charge in [0.25, 0.3) is 0 Å². The first-order valence-corrected chi connectivity index (χ1v) is 5.74. The molecule has 0 rings (SSSR count). The highest BCUT2D eigenvalue weighted by molar-refractivity contribution is 4.68. The average Bonchev–Trinajstić information content (AvgIpc) is 2.17. The van der Waals surface area contributed by atoms with Crippen LogP contribution < -0.4 is 11.1 Å². The van der Waals surface area contributed by atoms with Crippen LogP contribution in [0.25, 0.3) is 0 Å². The molecule has 14 heavy (non-hydrogen) atoms. The highest BCUT2D eigenvalue weighted by atomic mass is 14.8. The number of nitrogens with one attached hydrogen (secondary N) is 1. The lowest BCUT2D eigenvalue weighted by atomic mass is 9.90. The number of hydrogen-bond acceptors (Lipinski definition) is 2. The molecule has 2 unspecified atom stereocenters. The molecule has 0 spiro atoms. The molecular weight excluding hydrogens is 172 g/mol. The van der Waals surface area contributed by atoms with Gasteiger partial charge in [0.15, 0.2) is 0 Å². The molecule has 0 saturated carbocycles. The summed E-state index contributed by atoms with van der Waals surface area (Å²) in [5.41, 5.74) is 5.53. The molecule has 0 aromatic carbocycles. The van der Waals surface area contributed by atoms with Crippen LogP contribution in [0.5, 0.6) is 0 Å². The average molecular weight is 198 g/mol. The summed E-state index contributed by atoms with van der Waals surface area (Å²) in [5, 5.41) is 3.41. The van der Waals surface area contributed by atoms with Crippen molar-refractivity contribution in [2.24, 2.45) is 17.6 Å². The Morgan fingerprint density at radius 1 is 1.21 bits per heavy atom. The summed E-state index contributed by atoms with van der Waals surface area (Å²) >= 11 is 0. The van der Waals surface area contributed by atoms with E-state index < -0.39 is 0 Å². The van der Waals surface area contributed by atoms with Gasteiger partial charge in [0, 0.05) is 0 Å². The van der Waals surface area contributed by atoms with Crippen molar-refractivity contribution in [2.45, 2.75) is 33.1 Å². The summed E-state index contributed by atoms with van der Waals surface area (Å²) in [5.74, 6) is 1.52. The second kappa shape index (κ2) is 9.22. The maximum atomic E-state index is 5.53. The van der Waals surface area contributed by atoms with E-state index in [1.165, 1.54) is 6.42 Å². The van der Waals surface area contributed by atoms with Crippen molar-refractivity contribution in [1.29, 1.82) is 0 Å². The van der Waals surface area contributed by atoms with Crippen LogP contribution in [0.4, 0.5) is 0 Å². The first-order valence-electron chi connectivity index (χ1n) is 5.74. The lowest BCUT2D eigenvalue weighted by Gasteiger charge is -2.19. The Labute approximate surface area is 89.0 Å². The SMILES string of the molecule is C=CCCNCCC(C)C(C)CCN. The fraction of sp³-hybridized carbons (Fsp3) is 0.833. The largest absolute Gasteiger partial charge is 0.330 e. The van der Waals surface area contributed by atoms with Crippen molar-refractivity contribution in [3.8, 4) is 0 Å². The molecule has 84 valence electrons. The molecule has 2 nitrogen and oxygen atoms in total. The Kier molecular flexibility index (Phi) is 9.00. The molecule has 0 aromatic heterocycles. The third kappa shape index (κ3) is 7.10. The van der Waals surface area contributed by atoms with Crippen LogP contribution in [-0.4, -0.2) is 19.6 Å². The first kappa shape index (κ1) is 13.7. The van der Waals surface area contributed by atoms with Crippen molar-refractivity contribution in [3.05, 3.63) is 12.7 Å². The van der Waals surface area contributed by atoms with E-state index in [0.717, 1.165) is 44.3 Å². The maximum Gasteiger partial charge on any atom is -0.00144 e. The molecule has 0 aliphatic carbocycles. The minimum atomic E-state index is 0.751. The zero-order valence-corrected chi connectivity index (χ0v) is 9.76. The summed E-state index contributed by atoms with van der Waals surface area (Å²) < 4.78 is 0. The van der Waals surface area contributed by atoms with Gasteiger partial charge in [0.2, 0.25) is 0 Å². The fourth-order valence-corrected chi connectivity index (χ4v) is 1.49. The van der Waals surface area contributed by atoms with Crippen molar-refractivity contribution in [2.75, 3.05) is 19.6 Å². The van der Waals surface area contributed by atoms with Crippen LogP contribution in [-0.2, 0) is 0 Å². The summed E-state index contributed by atoms with van der Waals surface area (Å²) in [6.45, 7) is 11.3. The van der Waals surface area contributed by atoms with Crippen LogP contribution in [0.2, 0.25) is 0 Å². The minimum absolute atomic E-state index is 0.751. The molecule has 0 radical (unpaired) electrons. The Bertz CT molecular complexity index is 134. The summed E-state index contributed by atoms with van der Waals surface area (Å²) in [6, 6.07) is 0. The molecular formula is C12H26N2. The maximum absolute atomic E-state index is 5.53. The van der Waals surface area contributed by atoms with Gasteiger partial charge in [-0.25, -0.2) is 0 Å². The molecule has 0 bridgehead atoms. The normalized spacial score (nSPS) is 15.1. The fourth-order valence-electron chi connectivity index (χ4n) is 1.49. The van der Waals surface area contributed by atoms with Crippen molar-refractivity contribution in [1.82, 2.24) is 5.32 Å². The van der Waals surface area contributed by atoms with E-state index in [1.54, 1.807) is 0 Å². The summed E-state index contributed by atoms with van der Waals surface area (Å²) in [4.78, 5) is 0. The van der Waals surface area contributed by atoms with E-state index in [1.807, 2.05) is 6.08 Å². The lowest BCUT2D eigenvalue weighted by molar-refractivity contribution is 0.343. The molecule has 3 N–H and O–H groups in total. The van der Waals surface area contributed by atoms with E-state index in [2.05, 4.69) is 25.7 Å². The molecule has 0 fully saturated rings. The van der Waals surface area contributed by atoms with Gasteiger partial charge in [-0.2, -0.15) is 0 Å². The Balaban J connectivity index is 3.33. The Hall–Kier alpha value is -0.340. The number of hydrogen-bond donors (Lipinski definition) is 2. The topological polar surface area (TPSA) is 38.0 Å². The molecule has 0 heterocycles. The second-order valence-corrected chi connectivity index (χ2v) is 4.15. The molecule has 0 amide bonds. The monoisotopic (exact) mass is 198 g/mol. The van der Waals surface area contributed by atoms with Crippen molar-refractivity contribution in [3.63, 3.8) is 0 Å². The van der Waals surface area contributed by atoms with Gasteiger partial charge < -0.3 is 11.1 Å². The second-order valence-electron chi connectivity index (χ2n) is 4.15. The van der Waals surface area contributed by atoms with Crippen LogP contribution in [0, 0.1) is 11.8 Å². The van der Waals surface area contributed by atoms with Gasteiger partial charge in [-0.15, -0.1) is 6.58 Å². The van der Waals surface area contributed by atoms with Gasteiger partial charge in [0.05, 0.1) is 0 Å². The van der Waals surface area contributed by atoms with Crippen molar-refractivity contribution < 1.29 is 0 Å². The quantitative estimate of drug-likeness (QED) is 0.440. The van der Waals surface area contributed by atoms with Gasteiger partial charge in [-0.05, 0) is 50.7 Å². The minimum Gasteiger partial charge on any atom is -0.330 e. The zero-order chi connectivity index (χ0) is 10.8. The third-order valence-electron chi connectivity index (χ3n) is 2.90. The van der Waals surface area contributed by atoms with Gasteiger partial charge in [-0.3, -0.25) is 0 Å². The molecule has 0 aliphatic heterocycles. The van der Waals surface area contributed by atoms with E-state index in [9.17, 15) is 0 Å². The highest BCUT2D eigenvalue weighted by Crippen LogP contribution is 2.16. The molecule has 0 saturated heterocycles. The van der Waals surface area contributed by atoms with Gasteiger partial charge in [-0.1, -0.05) is 19.9 Å². The van der Waals surface area contributed by atoms with Crippen LogP contribution in [0.3, 0.4) is 0 Å². The van der Waals surface area contributed by atoms with E-state index in [4.69, 9.17) is 5.73 Å². The molecule has 2 atom stereocenters.